The molecule has 3 aromatic rings. The molecule has 118 valence electrons. The van der Waals surface area contributed by atoms with E-state index in [1.807, 2.05) is 34.9 Å². The Morgan fingerprint density at radius 1 is 1.09 bits per heavy atom. The van der Waals surface area contributed by atoms with Gasteiger partial charge in [0, 0.05) is 44.1 Å². The zero-order valence-electron chi connectivity index (χ0n) is 13.1. The second-order valence-corrected chi connectivity index (χ2v) is 5.57. The average Bonchev–Trinajstić information content (AvgIpc) is 3.05. The number of nitrogens with zero attached hydrogens (tertiary/aromatic N) is 4. The van der Waals surface area contributed by atoms with Gasteiger partial charge >= 0.3 is 0 Å². The van der Waals surface area contributed by atoms with Gasteiger partial charge in [0.1, 0.15) is 5.75 Å². The summed E-state index contributed by atoms with van der Waals surface area (Å²) in [6.07, 6.45) is 2.04. The molecule has 0 saturated carbocycles. The summed E-state index contributed by atoms with van der Waals surface area (Å²) in [6.45, 7) is 4.07. The van der Waals surface area contributed by atoms with Crippen LogP contribution in [0.1, 0.15) is 0 Å². The summed E-state index contributed by atoms with van der Waals surface area (Å²) in [5, 5.41) is 12.1. The minimum absolute atomic E-state index is 0.796. The van der Waals surface area contributed by atoms with Crippen LogP contribution in [0.3, 0.4) is 0 Å². The molecule has 0 bridgehead atoms. The topological polar surface area (TPSA) is 54.7 Å². The first-order valence-corrected chi connectivity index (χ1v) is 7.80. The van der Waals surface area contributed by atoms with Crippen LogP contribution in [0.25, 0.3) is 17.0 Å². The summed E-state index contributed by atoms with van der Waals surface area (Å²) in [5.41, 5.74) is 2.98. The minimum Gasteiger partial charge on any atom is -0.496 e. The van der Waals surface area contributed by atoms with Crippen molar-refractivity contribution in [1.82, 2.24) is 19.9 Å². The summed E-state index contributed by atoms with van der Waals surface area (Å²) >= 11 is 0. The Morgan fingerprint density at radius 2 is 1.91 bits per heavy atom. The fourth-order valence-electron chi connectivity index (χ4n) is 3.01. The molecular formula is C17H19N5O. The lowest BCUT2D eigenvalue weighted by Gasteiger charge is -2.29. The highest BCUT2D eigenvalue weighted by Gasteiger charge is 2.15. The first-order valence-electron chi connectivity index (χ1n) is 7.80. The van der Waals surface area contributed by atoms with Gasteiger partial charge in [-0.15, -0.1) is 10.2 Å². The maximum Gasteiger partial charge on any atom is 0.172 e. The molecule has 6 heteroatoms. The third-order valence-electron chi connectivity index (χ3n) is 4.22. The molecule has 0 atom stereocenters. The third kappa shape index (κ3) is 2.51. The number of hydrogen-bond donors (Lipinski definition) is 1. The number of anilines is 1. The van der Waals surface area contributed by atoms with Crippen LogP contribution in [-0.4, -0.2) is 47.9 Å². The van der Waals surface area contributed by atoms with E-state index in [0.717, 1.165) is 49.0 Å². The SMILES string of the molecule is COc1ccccc1-c1nnc2cc(N3CCNCC3)ccn12. The van der Waals surface area contributed by atoms with Crippen molar-refractivity contribution >= 4 is 11.3 Å². The molecule has 2 aromatic heterocycles. The first kappa shape index (κ1) is 14.0. The quantitative estimate of drug-likeness (QED) is 0.800. The van der Waals surface area contributed by atoms with E-state index in [1.54, 1.807) is 7.11 Å². The number of ether oxygens (including phenoxy) is 1. The van der Waals surface area contributed by atoms with Crippen molar-refractivity contribution in [2.24, 2.45) is 0 Å². The van der Waals surface area contributed by atoms with E-state index in [-0.39, 0.29) is 0 Å². The van der Waals surface area contributed by atoms with Crippen molar-refractivity contribution in [3.8, 4) is 17.1 Å². The lowest BCUT2D eigenvalue weighted by Crippen LogP contribution is -2.43. The number of aromatic nitrogens is 3. The van der Waals surface area contributed by atoms with Crippen LogP contribution in [0.15, 0.2) is 42.6 Å². The number of fused-ring (bicyclic) bond motifs is 1. The number of para-hydroxylation sites is 1. The van der Waals surface area contributed by atoms with Crippen LogP contribution < -0.4 is 15.0 Å². The summed E-state index contributed by atoms with van der Waals surface area (Å²) in [5.74, 6) is 1.59. The molecule has 1 aliphatic heterocycles. The predicted molar refractivity (Wildman–Crippen MR) is 90.1 cm³/mol. The second kappa shape index (κ2) is 5.89. The monoisotopic (exact) mass is 309 g/mol. The molecular weight excluding hydrogens is 290 g/mol. The van der Waals surface area contributed by atoms with Crippen molar-refractivity contribution < 1.29 is 4.74 Å². The van der Waals surface area contributed by atoms with Crippen molar-refractivity contribution in [3.05, 3.63) is 42.6 Å². The van der Waals surface area contributed by atoms with Gasteiger partial charge in [-0.25, -0.2) is 0 Å². The van der Waals surface area contributed by atoms with Gasteiger partial charge in [0.15, 0.2) is 11.5 Å². The van der Waals surface area contributed by atoms with E-state index in [0.29, 0.717) is 0 Å². The molecule has 1 aromatic carbocycles. The van der Waals surface area contributed by atoms with E-state index in [9.17, 15) is 0 Å². The molecule has 6 nitrogen and oxygen atoms in total. The fraction of sp³-hybridized carbons (Fsp3) is 0.294. The zero-order chi connectivity index (χ0) is 15.6. The van der Waals surface area contributed by atoms with E-state index in [2.05, 4.69) is 32.5 Å². The maximum atomic E-state index is 5.44. The van der Waals surface area contributed by atoms with Gasteiger partial charge in [0.05, 0.1) is 12.7 Å². The number of hydrogen-bond acceptors (Lipinski definition) is 5. The molecule has 23 heavy (non-hydrogen) atoms. The Balaban J connectivity index is 1.75. The molecule has 0 radical (unpaired) electrons. The Hall–Kier alpha value is -2.60. The molecule has 0 spiro atoms. The highest BCUT2D eigenvalue weighted by molar-refractivity contribution is 5.68. The smallest absolute Gasteiger partial charge is 0.172 e. The number of benzene rings is 1. The van der Waals surface area contributed by atoms with Crippen molar-refractivity contribution in [2.45, 2.75) is 0 Å². The Morgan fingerprint density at radius 3 is 2.74 bits per heavy atom. The van der Waals surface area contributed by atoms with Crippen LogP contribution in [0.4, 0.5) is 5.69 Å². The van der Waals surface area contributed by atoms with Gasteiger partial charge in [-0.1, -0.05) is 12.1 Å². The van der Waals surface area contributed by atoms with Gasteiger partial charge < -0.3 is 15.0 Å². The minimum atomic E-state index is 0.796. The Kier molecular flexibility index (Phi) is 3.59. The van der Waals surface area contributed by atoms with E-state index < -0.39 is 0 Å². The van der Waals surface area contributed by atoms with Crippen LogP contribution in [0.2, 0.25) is 0 Å². The molecule has 1 saturated heterocycles. The average molecular weight is 309 g/mol. The van der Waals surface area contributed by atoms with Gasteiger partial charge in [0.25, 0.3) is 0 Å². The van der Waals surface area contributed by atoms with Crippen LogP contribution in [0, 0.1) is 0 Å². The van der Waals surface area contributed by atoms with Gasteiger partial charge in [-0.3, -0.25) is 4.40 Å². The highest BCUT2D eigenvalue weighted by atomic mass is 16.5. The number of methoxy groups -OCH3 is 1. The highest BCUT2D eigenvalue weighted by Crippen LogP contribution is 2.29. The number of nitrogens with one attached hydrogen (secondary N) is 1. The fourth-order valence-corrected chi connectivity index (χ4v) is 3.01. The molecule has 3 heterocycles. The number of pyridine rings is 1. The predicted octanol–water partition coefficient (Wildman–Crippen LogP) is 1.81. The molecule has 1 aliphatic rings. The zero-order valence-corrected chi connectivity index (χ0v) is 13.1. The number of rotatable bonds is 3. The maximum absolute atomic E-state index is 5.44. The van der Waals surface area contributed by atoms with Crippen molar-refractivity contribution in [2.75, 3.05) is 38.2 Å². The van der Waals surface area contributed by atoms with Gasteiger partial charge in [0.2, 0.25) is 0 Å². The largest absolute Gasteiger partial charge is 0.496 e. The summed E-state index contributed by atoms with van der Waals surface area (Å²) in [6, 6.07) is 12.1. The van der Waals surface area contributed by atoms with Crippen LogP contribution >= 0.6 is 0 Å². The third-order valence-corrected chi connectivity index (χ3v) is 4.22. The normalized spacial score (nSPS) is 15.1. The lowest BCUT2D eigenvalue weighted by atomic mass is 10.2. The van der Waals surface area contributed by atoms with Crippen molar-refractivity contribution in [1.29, 1.82) is 0 Å². The van der Waals surface area contributed by atoms with Gasteiger partial charge in [-0.2, -0.15) is 0 Å². The van der Waals surface area contributed by atoms with E-state index in [1.165, 1.54) is 5.69 Å². The molecule has 0 amide bonds. The Labute approximate surface area is 134 Å². The molecule has 1 fully saturated rings. The van der Waals surface area contributed by atoms with Crippen LogP contribution in [-0.2, 0) is 0 Å². The summed E-state index contributed by atoms with van der Waals surface area (Å²) < 4.78 is 7.44. The van der Waals surface area contributed by atoms with Crippen LogP contribution in [0.5, 0.6) is 5.75 Å². The molecule has 0 unspecified atom stereocenters. The standard InChI is InChI=1S/C17H19N5O/c1-23-15-5-3-2-4-14(15)17-20-19-16-12-13(6-9-22(16)17)21-10-7-18-8-11-21/h2-6,9,12,18H,7-8,10-11H2,1H3. The Bertz CT molecular complexity index is 823. The second-order valence-electron chi connectivity index (χ2n) is 5.57. The van der Waals surface area contributed by atoms with Gasteiger partial charge in [-0.05, 0) is 18.2 Å². The molecule has 4 rings (SSSR count). The summed E-state index contributed by atoms with van der Waals surface area (Å²) in [7, 11) is 1.67. The number of piperazine rings is 1. The van der Waals surface area contributed by atoms with E-state index in [4.69, 9.17) is 4.74 Å². The first-order chi connectivity index (χ1) is 11.4. The molecule has 0 aliphatic carbocycles. The van der Waals surface area contributed by atoms with Crippen molar-refractivity contribution in [3.63, 3.8) is 0 Å². The molecule has 1 N–H and O–H groups in total. The summed E-state index contributed by atoms with van der Waals surface area (Å²) in [4.78, 5) is 2.37. The lowest BCUT2D eigenvalue weighted by molar-refractivity contribution is 0.416. The van der Waals surface area contributed by atoms with E-state index >= 15 is 0 Å².